The lowest BCUT2D eigenvalue weighted by molar-refractivity contribution is -0.138. The molecule has 0 radical (unpaired) electrons. The van der Waals surface area contributed by atoms with E-state index in [9.17, 15) is 4.79 Å². The van der Waals surface area contributed by atoms with Crippen molar-refractivity contribution in [1.29, 1.82) is 0 Å². The normalized spacial score (nSPS) is 12.3. The lowest BCUT2D eigenvalue weighted by Gasteiger charge is -2.05. The van der Waals surface area contributed by atoms with Crippen LogP contribution >= 0.6 is 0 Å². The van der Waals surface area contributed by atoms with Gasteiger partial charge in [-0.2, -0.15) is 0 Å². The number of nitrogens with zero attached hydrogens (tertiary/aromatic N) is 2. The average Bonchev–Trinajstić information content (AvgIpc) is 2.17. The van der Waals surface area contributed by atoms with Crippen molar-refractivity contribution in [2.45, 2.75) is 25.3 Å². The Morgan fingerprint density at radius 2 is 2.33 bits per heavy atom. The van der Waals surface area contributed by atoms with Crippen LogP contribution < -0.4 is 11.5 Å². The molecule has 1 unspecified atom stereocenters. The van der Waals surface area contributed by atoms with Crippen LogP contribution in [0.4, 0.5) is 5.82 Å². The van der Waals surface area contributed by atoms with E-state index in [0.717, 1.165) is 0 Å². The third kappa shape index (κ3) is 3.90. The predicted molar refractivity (Wildman–Crippen MR) is 55.0 cm³/mol. The van der Waals surface area contributed by atoms with Gasteiger partial charge in [0.2, 0.25) is 0 Å². The number of carbonyl (C=O) groups is 1. The molecular formula is C9H14N4O2. The zero-order valence-corrected chi connectivity index (χ0v) is 8.26. The summed E-state index contributed by atoms with van der Waals surface area (Å²) in [6.45, 7) is 0. The Morgan fingerprint density at radius 3 is 2.93 bits per heavy atom. The highest BCUT2D eigenvalue weighted by molar-refractivity contribution is 5.72. The van der Waals surface area contributed by atoms with E-state index in [2.05, 4.69) is 9.97 Å². The number of carboxylic acids is 1. The minimum Gasteiger partial charge on any atom is -0.480 e. The maximum atomic E-state index is 10.4. The smallest absolute Gasteiger partial charge is 0.320 e. The zero-order chi connectivity index (χ0) is 11.3. The van der Waals surface area contributed by atoms with Gasteiger partial charge in [0.15, 0.2) is 0 Å². The first-order chi connectivity index (χ1) is 7.09. The lowest BCUT2D eigenvalue weighted by atomic mass is 10.1. The molecule has 0 aromatic carbocycles. The van der Waals surface area contributed by atoms with Crippen molar-refractivity contribution in [2.24, 2.45) is 5.73 Å². The summed E-state index contributed by atoms with van der Waals surface area (Å²) < 4.78 is 0. The number of nitrogens with two attached hydrogens (primary N) is 2. The molecule has 15 heavy (non-hydrogen) atoms. The molecule has 5 N–H and O–H groups in total. The second-order valence-corrected chi connectivity index (χ2v) is 3.23. The number of hydrogen-bond acceptors (Lipinski definition) is 5. The number of nitrogen functional groups attached to an aromatic ring is 1. The van der Waals surface area contributed by atoms with E-state index in [4.69, 9.17) is 16.6 Å². The molecule has 1 atom stereocenters. The molecule has 6 nitrogen and oxygen atoms in total. The van der Waals surface area contributed by atoms with Crippen LogP contribution in [0.1, 0.15) is 18.7 Å². The average molecular weight is 210 g/mol. The number of aromatic nitrogens is 2. The van der Waals surface area contributed by atoms with Crippen molar-refractivity contribution in [3.63, 3.8) is 0 Å². The van der Waals surface area contributed by atoms with Crippen LogP contribution in [-0.2, 0) is 11.2 Å². The van der Waals surface area contributed by atoms with E-state index in [1.807, 2.05) is 0 Å². The van der Waals surface area contributed by atoms with Crippen molar-refractivity contribution in [3.05, 3.63) is 18.1 Å². The van der Waals surface area contributed by atoms with Gasteiger partial charge >= 0.3 is 5.97 Å². The first-order valence-electron chi connectivity index (χ1n) is 4.65. The molecule has 6 heteroatoms. The number of aliphatic carboxylic acids is 1. The third-order valence-corrected chi connectivity index (χ3v) is 1.96. The van der Waals surface area contributed by atoms with Crippen molar-refractivity contribution < 1.29 is 9.90 Å². The Hall–Kier alpha value is -1.69. The van der Waals surface area contributed by atoms with E-state index < -0.39 is 12.0 Å². The quantitative estimate of drug-likeness (QED) is 0.619. The molecule has 82 valence electrons. The van der Waals surface area contributed by atoms with Gasteiger partial charge in [0.05, 0.1) is 0 Å². The summed E-state index contributed by atoms with van der Waals surface area (Å²) in [6, 6.07) is 0.790. The fourth-order valence-electron chi connectivity index (χ4n) is 1.14. The van der Waals surface area contributed by atoms with Gasteiger partial charge in [-0.3, -0.25) is 4.79 Å². The summed E-state index contributed by atoms with van der Waals surface area (Å²) in [7, 11) is 0. The fraction of sp³-hybridized carbons (Fsp3) is 0.444. The maximum Gasteiger partial charge on any atom is 0.320 e. The second-order valence-electron chi connectivity index (χ2n) is 3.23. The van der Waals surface area contributed by atoms with Gasteiger partial charge in [0, 0.05) is 12.6 Å². The highest BCUT2D eigenvalue weighted by atomic mass is 16.4. The van der Waals surface area contributed by atoms with Crippen LogP contribution in [0.3, 0.4) is 0 Å². The van der Waals surface area contributed by atoms with E-state index >= 15 is 0 Å². The minimum absolute atomic E-state index is 0.410. The second kappa shape index (κ2) is 5.26. The van der Waals surface area contributed by atoms with Crippen molar-refractivity contribution >= 4 is 11.8 Å². The molecule has 1 heterocycles. The largest absolute Gasteiger partial charge is 0.480 e. The third-order valence-electron chi connectivity index (χ3n) is 1.96. The Bertz CT molecular complexity index is 343. The molecule has 1 aromatic heterocycles. The summed E-state index contributed by atoms with van der Waals surface area (Å²) in [6.07, 6.45) is 3.21. The zero-order valence-electron chi connectivity index (χ0n) is 8.26. The SMILES string of the molecule is Nc1ccnc(CCCC(N)C(=O)O)n1. The first-order valence-corrected chi connectivity index (χ1v) is 4.65. The van der Waals surface area contributed by atoms with Gasteiger partial charge in [-0.15, -0.1) is 0 Å². The molecule has 0 bridgehead atoms. The molecular weight excluding hydrogens is 196 g/mol. The highest BCUT2D eigenvalue weighted by Gasteiger charge is 2.10. The summed E-state index contributed by atoms with van der Waals surface area (Å²) in [5.41, 5.74) is 10.8. The minimum atomic E-state index is -0.983. The molecule has 0 saturated heterocycles. The fourth-order valence-corrected chi connectivity index (χ4v) is 1.14. The van der Waals surface area contributed by atoms with Gasteiger partial charge in [-0.1, -0.05) is 0 Å². The number of rotatable bonds is 5. The maximum absolute atomic E-state index is 10.4. The van der Waals surface area contributed by atoms with Crippen molar-refractivity contribution in [2.75, 3.05) is 5.73 Å². The summed E-state index contributed by atoms with van der Waals surface area (Å²) >= 11 is 0. The van der Waals surface area contributed by atoms with E-state index in [1.54, 1.807) is 12.3 Å². The molecule has 0 spiro atoms. The van der Waals surface area contributed by atoms with Crippen LogP contribution in [0.5, 0.6) is 0 Å². The van der Waals surface area contributed by atoms with Gasteiger partial charge < -0.3 is 16.6 Å². The molecule has 0 fully saturated rings. The van der Waals surface area contributed by atoms with Gasteiger partial charge in [0.1, 0.15) is 17.7 Å². The summed E-state index contributed by atoms with van der Waals surface area (Å²) in [5, 5.41) is 8.55. The van der Waals surface area contributed by atoms with Crippen LogP contribution in [0, 0.1) is 0 Å². The van der Waals surface area contributed by atoms with E-state index in [0.29, 0.717) is 30.9 Å². The standard InChI is InChI=1S/C9H14N4O2/c10-6(9(14)15)2-1-3-8-12-5-4-7(11)13-8/h4-6H,1-3,10H2,(H,14,15)(H2,11,12,13). The molecule has 0 amide bonds. The van der Waals surface area contributed by atoms with Crippen LogP contribution in [0.2, 0.25) is 0 Å². The number of anilines is 1. The summed E-state index contributed by atoms with van der Waals surface area (Å²) in [5.74, 6) is 0.0543. The highest BCUT2D eigenvalue weighted by Crippen LogP contribution is 2.03. The van der Waals surface area contributed by atoms with Gasteiger partial charge in [-0.05, 0) is 18.9 Å². The molecule has 1 rings (SSSR count). The molecule has 0 aliphatic heterocycles. The van der Waals surface area contributed by atoms with E-state index in [-0.39, 0.29) is 0 Å². The Labute approximate surface area is 87.3 Å². The van der Waals surface area contributed by atoms with Crippen molar-refractivity contribution in [1.82, 2.24) is 9.97 Å². The van der Waals surface area contributed by atoms with Gasteiger partial charge in [-0.25, -0.2) is 9.97 Å². The molecule has 1 aromatic rings. The number of hydrogen-bond donors (Lipinski definition) is 3. The monoisotopic (exact) mass is 210 g/mol. The predicted octanol–water partition coefficient (Wildman–Crippen LogP) is -0.207. The number of carboxylic acid groups (broad SMARTS) is 1. The lowest BCUT2D eigenvalue weighted by Crippen LogP contribution is -2.29. The number of aryl methyl sites for hydroxylation is 1. The summed E-state index contributed by atoms with van der Waals surface area (Å²) in [4.78, 5) is 18.4. The molecule has 0 aliphatic carbocycles. The Balaban J connectivity index is 2.35. The molecule has 0 aliphatic rings. The van der Waals surface area contributed by atoms with Crippen LogP contribution in [0.25, 0.3) is 0 Å². The Morgan fingerprint density at radius 1 is 1.60 bits per heavy atom. The molecule has 0 saturated carbocycles. The topological polar surface area (TPSA) is 115 Å². The van der Waals surface area contributed by atoms with Crippen molar-refractivity contribution in [3.8, 4) is 0 Å². The Kier molecular flexibility index (Phi) is 3.99. The van der Waals surface area contributed by atoms with E-state index in [1.165, 1.54) is 0 Å². The van der Waals surface area contributed by atoms with Crippen LogP contribution in [-0.4, -0.2) is 27.1 Å². The van der Waals surface area contributed by atoms with Gasteiger partial charge in [0.25, 0.3) is 0 Å². The first kappa shape index (κ1) is 11.4. The van der Waals surface area contributed by atoms with Crippen LogP contribution in [0.15, 0.2) is 12.3 Å².